The second kappa shape index (κ2) is 6.64. The maximum atomic E-state index is 11.3. The summed E-state index contributed by atoms with van der Waals surface area (Å²) >= 11 is 0. The molecule has 3 nitrogen and oxygen atoms in total. The zero-order chi connectivity index (χ0) is 13.8. The summed E-state index contributed by atoms with van der Waals surface area (Å²) in [5.41, 5.74) is 1.23. The van der Waals surface area contributed by atoms with Crippen molar-refractivity contribution in [3.05, 3.63) is 29.8 Å². The summed E-state index contributed by atoms with van der Waals surface area (Å²) in [6.07, 6.45) is 4.82. The lowest BCUT2D eigenvalue weighted by Crippen LogP contribution is -2.29. The van der Waals surface area contributed by atoms with Gasteiger partial charge >= 0.3 is 0 Å². The van der Waals surface area contributed by atoms with Crippen LogP contribution in [0.15, 0.2) is 29.2 Å². The third kappa shape index (κ3) is 4.13. The molecule has 0 radical (unpaired) electrons. The van der Waals surface area contributed by atoms with Crippen LogP contribution in [0.3, 0.4) is 0 Å². The van der Waals surface area contributed by atoms with Crippen LogP contribution in [-0.4, -0.2) is 40.2 Å². The number of nitrogens with zero attached hydrogens (tertiary/aromatic N) is 1. The van der Waals surface area contributed by atoms with Gasteiger partial charge in [-0.25, -0.2) is 0 Å². The van der Waals surface area contributed by atoms with E-state index in [1.807, 2.05) is 24.3 Å². The molecule has 1 aromatic rings. The third-order valence-electron chi connectivity index (χ3n) is 3.87. The normalized spacial score (nSPS) is 24.8. The zero-order valence-electron chi connectivity index (χ0n) is 11.7. The first-order chi connectivity index (χ1) is 9.06. The Morgan fingerprint density at radius 3 is 2.53 bits per heavy atom. The molecule has 0 amide bonds. The molecule has 0 heterocycles. The highest BCUT2D eigenvalue weighted by molar-refractivity contribution is 7.84. The van der Waals surface area contributed by atoms with Gasteiger partial charge in [-0.05, 0) is 43.5 Å². The van der Waals surface area contributed by atoms with Crippen molar-refractivity contribution in [1.82, 2.24) is 4.90 Å². The predicted octanol–water partition coefficient (Wildman–Crippen LogP) is 2.02. The Morgan fingerprint density at radius 1 is 1.32 bits per heavy atom. The van der Waals surface area contributed by atoms with Crippen molar-refractivity contribution in [2.24, 2.45) is 5.92 Å². The molecule has 106 valence electrons. The Labute approximate surface area is 118 Å². The summed E-state index contributed by atoms with van der Waals surface area (Å²) in [6.45, 7) is 1.82. The smallest absolute Gasteiger partial charge is 0.0580 e. The first kappa shape index (κ1) is 14.7. The van der Waals surface area contributed by atoms with Gasteiger partial charge in [0.05, 0.1) is 6.10 Å². The van der Waals surface area contributed by atoms with Crippen LogP contribution in [-0.2, 0) is 17.3 Å². The Balaban J connectivity index is 1.87. The van der Waals surface area contributed by atoms with Crippen LogP contribution in [0.25, 0.3) is 0 Å². The number of benzene rings is 1. The minimum atomic E-state index is -0.905. The Bertz CT molecular complexity index is 432. The lowest BCUT2D eigenvalue weighted by Gasteiger charge is -2.23. The summed E-state index contributed by atoms with van der Waals surface area (Å²) in [6, 6.07) is 7.95. The fourth-order valence-corrected chi connectivity index (χ4v) is 3.31. The first-order valence-corrected chi connectivity index (χ1v) is 8.41. The van der Waals surface area contributed by atoms with Crippen molar-refractivity contribution in [3.8, 4) is 0 Å². The predicted molar refractivity (Wildman–Crippen MR) is 78.5 cm³/mol. The topological polar surface area (TPSA) is 40.5 Å². The van der Waals surface area contributed by atoms with Gasteiger partial charge in [0.25, 0.3) is 0 Å². The van der Waals surface area contributed by atoms with Gasteiger partial charge < -0.3 is 10.0 Å². The summed E-state index contributed by atoms with van der Waals surface area (Å²) < 4.78 is 11.3. The second-order valence-electron chi connectivity index (χ2n) is 5.55. The van der Waals surface area contributed by atoms with Crippen LogP contribution in [0, 0.1) is 5.92 Å². The summed E-state index contributed by atoms with van der Waals surface area (Å²) in [7, 11) is 1.19. The molecule has 0 aliphatic heterocycles. The molecule has 1 N–H and O–H groups in total. The van der Waals surface area contributed by atoms with E-state index >= 15 is 0 Å². The monoisotopic (exact) mass is 281 g/mol. The standard InChI is InChI=1S/C15H23NO2S/c1-16(11-13-4-3-5-15(13)17)10-12-6-8-14(9-7-12)19(2)18/h6-9,13,15,17H,3-5,10-11H2,1-2H3. The van der Waals surface area contributed by atoms with Crippen LogP contribution in [0.1, 0.15) is 24.8 Å². The van der Waals surface area contributed by atoms with E-state index in [9.17, 15) is 9.32 Å². The molecule has 0 bridgehead atoms. The quantitative estimate of drug-likeness (QED) is 0.897. The van der Waals surface area contributed by atoms with Gasteiger partial charge in [-0.3, -0.25) is 4.21 Å². The van der Waals surface area contributed by atoms with Gasteiger partial charge in [-0.2, -0.15) is 0 Å². The van der Waals surface area contributed by atoms with Crippen molar-refractivity contribution in [3.63, 3.8) is 0 Å². The molecule has 0 aromatic heterocycles. The molecule has 1 fully saturated rings. The summed E-state index contributed by atoms with van der Waals surface area (Å²) in [5, 5.41) is 9.84. The highest BCUT2D eigenvalue weighted by Crippen LogP contribution is 2.26. The van der Waals surface area contributed by atoms with Crippen molar-refractivity contribution in [2.75, 3.05) is 19.8 Å². The fraction of sp³-hybridized carbons (Fsp3) is 0.600. The largest absolute Gasteiger partial charge is 0.393 e. The SMILES string of the molecule is CN(Cc1ccc(S(C)=O)cc1)CC1CCCC1O. The molecule has 0 spiro atoms. The average Bonchev–Trinajstić information content (AvgIpc) is 2.75. The van der Waals surface area contributed by atoms with E-state index in [4.69, 9.17) is 0 Å². The van der Waals surface area contributed by atoms with Gasteiger partial charge in [-0.15, -0.1) is 0 Å². The van der Waals surface area contributed by atoms with E-state index in [-0.39, 0.29) is 6.10 Å². The van der Waals surface area contributed by atoms with Gasteiger partial charge in [0.15, 0.2) is 0 Å². The number of aliphatic hydroxyl groups excluding tert-OH is 1. The maximum absolute atomic E-state index is 11.3. The van der Waals surface area contributed by atoms with Gasteiger partial charge in [-0.1, -0.05) is 18.6 Å². The third-order valence-corrected chi connectivity index (χ3v) is 4.81. The Hall–Kier alpha value is -0.710. The first-order valence-electron chi connectivity index (χ1n) is 6.85. The molecule has 1 aromatic carbocycles. The highest BCUT2D eigenvalue weighted by Gasteiger charge is 2.25. The number of rotatable bonds is 5. The summed E-state index contributed by atoms with van der Waals surface area (Å²) in [5.74, 6) is 0.424. The van der Waals surface area contributed by atoms with Crippen molar-refractivity contribution in [1.29, 1.82) is 0 Å². The molecule has 1 aliphatic rings. The molecule has 2 rings (SSSR count). The molecule has 1 aliphatic carbocycles. The van der Waals surface area contributed by atoms with E-state index in [0.29, 0.717) is 5.92 Å². The second-order valence-corrected chi connectivity index (χ2v) is 6.93. The van der Waals surface area contributed by atoms with E-state index in [2.05, 4.69) is 11.9 Å². The minimum absolute atomic E-state index is 0.118. The molecule has 3 unspecified atom stereocenters. The van der Waals surface area contributed by atoms with Crippen LogP contribution in [0.5, 0.6) is 0 Å². The fourth-order valence-electron chi connectivity index (χ4n) is 2.79. The van der Waals surface area contributed by atoms with E-state index in [1.165, 1.54) is 5.56 Å². The Morgan fingerprint density at radius 2 is 2.00 bits per heavy atom. The maximum Gasteiger partial charge on any atom is 0.0580 e. The van der Waals surface area contributed by atoms with Crippen LogP contribution < -0.4 is 0 Å². The van der Waals surface area contributed by atoms with E-state index < -0.39 is 10.8 Å². The lowest BCUT2D eigenvalue weighted by molar-refractivity contribution is 0.108. The van der Waals surface area contributed by atoms with Crippen LogP contribution in [0.4, 0.5) is 0 Å². The van der Waals surface area contributed by atoms with Crippen molar-refractivity contribution < 1.29 is 9.32 Å². The number of hydrogen-bond acceptors (Lipinski definition) is 3. The molecular weight excluding hydrogens is 258 g/mol. The lowest BCUT2D eigenvalue weighted by atomic mass is 10.1. The average molecular weight is 281 g/mol. The molecule has 0 saturated heterocycles. The number of aliphatic hydroxyl groups is 1. The van der Waals surface area contributed by atoms with Gasteiger partial charge in [0.1, 0.15) is 0 Å². The minimum Gasteiger partial charge on any atom is -0.393 e. The van der Waals surface area contributed by atoms with E-state index in [0.717, 1.165) is 37.2 Å². The van der Waals surface area contributed by atoms with E-state index in [1.54, 1.807) is 6.26 Å². The van der Waals surface area contributed by atoms with Crippen LogP contribution in [0.2, 0.25) is 0 Å². The molecular formula is C15H23NO2S. The Kier molecular flexibility index (Phi) is 5.13. The molecule has 1 saturated carbocycles. The summed E-state index contributed by atoms with van der Waals surface area (Å²) in [4.78, 5) is 3.13. The molecule has 3 atom stereocenters. The molecule has 4 heteroatoms. The molecule has 19 heavy (non-hydrogen) atoms. The van der Waals surface area contributed by atoms with Crippen LogP contribution >= 0.6 is 0 Å². The number of hydrogen-bond donors (Lipinski definition) is 1. The van der Waals surface area contributed by atoms with Gasteiger partial charge in [0, 0.05) is 35.0 Å². The van der Waals surface area contributed by atoms with Crippen molar-refractivity contribution >= 4 is 10.8 Å². The highest BCUT2D eigenvalue weighted by atomic mass is 32.2. The zero-order valence-corrected chi connectivity index (χ0v) is 12.5. The van der Waals surface area contributed by atoms with Gasteiger partial charge in [0.2, 0.25) is 0 Å². The van der Waals surface area contributed by atoms with Crippen molar-refractivity contribution in [2.45, 2.75) is 36.8 Å².